The number of hydrogen-bond donors (Lipinski definition) is 2. The van der Waals surface area contributed by atoms with Gasteiger partial charge < -0.3 is 24.6 Å². The second-order valence-electron chi connectivity index (χ2n) is 7.53. The van der Waals surface area contributed by atoms with Crippen LogP contribution in [0.5, 0.6) is 11.5 Å². The lowest BCUT2D eigenvalue weighted by atomic mass is 9.50. The maximum atomic E-state index is 12.5. The average molecular weight is 331 g/mol. The fourth-order valence-corrected chi connectivity index (χ4v) is 5.72. The van der Waals surface area contributed by atoms with Gasteiger partial charge in [-0.05, 0) is 38.1 Å². The Morgan fingerprint density at radius 3 is 2.88 bits per heavy atom. The van der Waals surface area contributed by atoms with Gasteiger partial charge in [0.25, 0.3) is 0 Å². The summed E-state index contributed by atoms with van der Waals surface area (Å²) in [5.74, 6) is 0.505. The Bertz CT molecular complexity index is 749. The lowest BCUT2D eigenvalue weighted by Crippen LogP contribution is -2.72. The zero-order valence-electron chi connectivity index (χ0n) is 13.7. The molecule has 2 aliphatic carbocycles. The summed E-state index contributed by atoms with van der Waals surface area (Å²) in [7, 11) is 3.63. The van der Waals surface area contributed by atoms with Crippen LogP contribution in [-0.2, 0) is 16.6 Å². The molecular formula is C18H21NO5. The number of methoxy groups -OCH3 is 1. The minimum absolute atomic E-state index is 0.0724. The Morgan fingerprint density at radius 2 is 2.12 bits per heavy atom. The molecule has 6 nitrogen and oxygen atoms in total. The zero-order chi connectivity index (χ0) is 16.8. The van der Waals surface area contributed by atoms with Crippen molar-refractivity contribution in [2.24, 2.45) is 5.92 Å². The Hall–Kier alpha value is -1.63. The van der Waals surface area contributed by atoms with E-state index in [1.165, 1.54) is 5.56 Å². The van der Waals surface area contributed by atoms with E-state index in [9.17, 15) is 15.0 Å². The molecule has 2 unspecified atom stereocenters. The lowest BCUT2D eigenvalue weighted by molar-refractivity contribution is -0.173. The first-order chi connectivity index (χ1) is 11.5. The summed E-state index contributed by atoms with van der Waals surface area (Å²) < 4.78 is 11.6. The van der Waals surface area contributed by atoms with Crippen LogP contribution in [-0.4, -0.2) is 66.0 Å². The number of piperidine rings is 1. The molecule has 1 saturated heterocycles. The number of carbonyl (C=O) groups is 1. The van der Waals surface area contributed by atoms with Gasteiger partial charge in [-0.2, -0.15) is 0 Å². The first-order valence-corrected chi connectivity index (χ1v) is 8.48. The molecule has 1 saturated carbocycles. The maximum Gasteiger partial charge on any atom is 0.193 e. The van der Waals surface area contributed by atoms with Crippen LogP contribution >= 0.6 is 0 Å². The normalized spacial score (nSPS) is 42.5. The molecule has 1 spiro atoms. The van der Waals surface area contributed by atoms with Gasteiger partial charge >= 0.3 is 0 Å². The van der Waals surface area contributed by atoms with Crippen molar-refractivity contribution in [3.05, 3.63) is 23.3 Å². The molecular weight excluding hydrogens is 310 g/mol. The van der Waals surface area contributed by atoms with E-state index in [0.717, 1.165) is 24.9 Å². The Morgan fingerprint density at radius 1 is 1.33 bits per heavy atom. The molecule has 4 aliphatic rings. The largest absolute Gasteiger partial charge is 0.493 e. The lowest BCUT2D eigenvalue weighted by Gasteiger charge is -2.59. The fraction of sp³-hybridized carbons (Fsp3) is 0.611. The summed E-state index contributed by atoms with van der Waals surface area (Å²) in [6.45, 7) is 0.852. The topological polar surface area (TPSA) is 79.2 Å². The molecule has 2 fully saturated rings. The van der Waals surface area contributed by atoms with Gasteiger partial charge in [-0.25, -0.2) is 0 Å². The molecule has 1 aromatic carbocycles. The zero-order valence-corrected chi connectivity index (χ0v) is 13.7. The first kappa shape index (κ1) is 14.7. The standard InChI is InChI=1S/C18H21NO5/c1-19-6-5-18-11-8-3-4-10(23-2)16(11)24-17(18)15(22)14(21)13(20)12(18)9(19)7-8/h3-4,9,12-13,15,17,20,22H,5-7H2,1-2H3/t9-,12?,13?,15+,17+,18-/m1/s1. The van der Waals surface area contributed by atoms with Gasteiger partial charge in [0.1, 0.15) is 12.2 Å². The number of Topliss-reactive ketones (excluding diaryl/α,β-unsaturated/α-hetero) is 1. The first-order valence-electron chi connectivity index (χ1n) is 8.48. The van der Waals surface area contributed by atoms with Crippen molar-refractivity contribution < 1.29 is 24.5 Å². The van der Waals surface area contributed by atoms with E-state index in [-0.39, 0.29) is 12.0 Å². The summed E-state index contributed by atoms with van der Waals surface area (Å²) in [5.41, 5.74) is 1.71. The molecule has 0 aromatic heterocycles. The summed E-state index contributed by atoms with van der Waals surface area (Å²) in [5, 5.41) is 21.3. The molecule has 2 heterocycles. The van der Waals surface area contributed by atoms with Crippen molar-refractivity contribution in [2.45, 2.75) is 42.6 Å². The number of aliphatic hydroxyl groups is 2. The van der Waals surface area contributed by atoms with Crippen molar-refractivity contribution in [2.75, 3.05) is 20.7 Å². The number of aliphatic hydroxyl groups excluding tert-OH is 2. The number of carbonyl (C=O) groups excluding carboxylic acids is 1. The van der Waals surface area contributed by atoms with Crippen molar-refractivity contribution in [3.63, 3.8) is 0 Å². The van der Waals surface area contributed by atoms with Gasteiger partial charge in [0, 0.05) is 22.9 Å². The molecule has 24 heavy (non-hydrogen) atoms. The summed E-state index contributed by atoms with van der Waals surface area (Å²) >= 11 is 0. The molecule has 128 valence electrons. The van der Waals surface area contributed by atoms with Crippen molar-refractivity contribution >= 4 is 5.78 Å². The minimum atomic E-state index is -1.30. The average Bonchev–Trinajstić information content (AvgIpc) is 2.93. The molecule has 6 heteroatoms. The molecule has 2 bridgehead atoms. The number of rotatable bonds is 1. The molecule has 6 atom stereocenters. The smallest absolute Gasteiger partial charge is 0.193 e. The second kappa shape index (κ2) is 4.50. The SMILES string of the molecule is COc1ccc2c3c1O[C@H]1[C@@H](O)C(=O)C(O)C4[C@@H](C2)N(C)CC[C@@]341. The van der Waals surface area contributed by atoms with Crippen LogP contribution in [0.15, 0.2) is 12.1 Å². The number of likely N-dealkylation sites (tertiary alicyclic amines) is 1. The molecule has 0 radical (unpaired) electrons. The van der Waals surface area contributed by atoms with Crippen molar-refractivity contribution in [1.29, 1.82) is 0 Å². The van der Waals surface area contributed by atoms with Gasteiger partial charge in [0.2, 0.25) is 0 Å². The summed E-state index contributed by atoms with van der Waals surface area (Å²) in [6.07, 6.45) is -1.57. The third kappa shape index (κ3) is 1.42. The van der Waals surface area contributed by atoms with Gasteiger partial charge in [-0.1, -0.05) is 6.07 Å². The number of ketones is 1. The van der Waals surface area contributed by atoms with Crippen molar-refractivity contribution in [1.82, 2.24) is 4.90 Å². The maximum absolute atomic E-state index is 12.5. The van der Waals surface area contributed by atoms with Crippen LogP contribution in [0.2, 0.25) is 0 Å². The summed E-state index contributed by atoms with van der Waals surface area (Å²) in [4.78, 5) is 14.7. The van der Waals surface area contributed by atoms with Gasteiger partial charge in [0.15, 0.2) is 23.4 Å². The quantitative estimate of drug-likeness (QED) is 0.747. The highest BCUT2D eigenvalue weighted by Gasteiger charge is 2.70. The predicted octanol–water partition coefficient (Wildman–Crippen LogP) is -0.125. The number of benzene rings is 1. The highest BCUT2D eigenvalue weighted by molar-refractivity contribution is 5.91. The highest BCUT2D eigenvalue weighted by atomic mass is 16.5. The van der Waals surface area contributed by atoms with E-state index in [2.05, 4.69) is 11.0 Å². The number of hydrogen-bond acceptors (Lipinski definition) is 6. The Labute approximate surface area is 140 Å². The Kier molecular flexibility index (Phi) is 2.76. The van der Waals surface area contributed by atoms with E-state index in [0.29, 0.717) is 11.5 Å². The van der Waals surface area contributed by atoms with Gasteiger partial charge in [-0.15, -0.1) is 0 Å². The van der Waals surface area contributed by atoms with Crippen LogP contribution in [0.25, 0.3) is 0 Å². The van der Waals surface area contributed by atoms with Gasteiger partial charge in [0.05, 0.1) is 7.11 Å². The van der Waals surface area contributed by atoms with Crippen LogP contribution in [0, 0.1) is 5.92 Å². The van der Waals surface area contributed by atoms with Crippen LogP contribution < -0.4 is 9.47 Å². The molecule has 0 amide bonds. The molecule has 2 aliphatic heterocycles. The second-order valence-corrected chi connectivity index (χ2v) is 7.53. The fourth-order valence-electron chi connectivity index (χ4n) is 5.72. The van der Waals surface area contributed by atoms with E-state index < -0.39 is 29.5 Å². The van der Waals surface area contributed by atoms with E-state index >= 15 is 0 Å². The monoisotopic (exact) mass is 331 g/mol. The number of nitrogens with zero attached hydrogens (tertiary/aromatic N) is 1. The van der Waals surface area contributed by atoms with Crippen molar-refractivity contribution in [3.8, 4) is 11.5 Å². The van der Waals surface area contributed by atoms with Gasteiger partial charge in [-0.3, -0.25) is 4.79 Å². The van der Waals surface area contributed by atoms with E-state index in [1.54, 1.807) is 7.11 Å². The van der Waals surface area contributed by atoms with Crippen LogP contribution in [0.1, 0.15) is 17.5 Å². The minimum Gasteiger partial charge on any atom is -0.493 e. The number of ether oxygens (including phenoxy) is 2. The Balaban J connectivity index is 1.82. The molecule has 2 N–H and O–H groups in total. The highest BCUT2D eigenvalue weighted by Crippen LogP contribution is 2.63. The third-order valence-electron chi connectivity index (χ3n) is 6.74. The molecule has 1 aromatic rings. The summed E-state index contributed by atoms with van der Waals surface area (Å²) in [6, 6.07) is 4.02. The predicted molar refractivity (Wildman–Crippen MR) is 84.3 cm³/mol. The number of likely N-dealkylation sites (N-methyl/N-ethyl adjacent to an activating group) is 1. The molecule has 5 rings (SSSR count). The van der Waals surface area contributed by atoms with E-state index in [4.69, 9.17) is 9.47 Å². The van der Waals surface area contributed by atoms with E-state index in [1.807, 2.05) is 13.1 Å². The van der Waals surface area contributed by atoms with Crippen LogP contribution in [0.3, 0.4) is 0 Å². The van der Waals surface area contributed by atoms with Crippen LogP contribution in [0.4, 0.5) is 0 Å². The third-order valence-corrected chi connectivity index (χ3v) is 6.74.